The van der Waals surface area contributed by atoms with Crippen molar-refractivity contribution in [2.45, 2.75) is 26.3 Å². The Balaban J connectivity index is 1.53. The van der Waals surface area contributed by atoms with Crippen LogP contribution in [0.25, 0.3) is 22.2 Å². The second-order valence-electron chi connectivity index (χ2n) is 7.96. The van der Waals surface area contributed by atoms with Crippen LogP contribution in [0.4, 0.5) is 0 Å². The van der Waals surface area contributed by atoms with Gasteiger partial charge in [-0.3, -0.25) is 4.72 Å². The molecule has 3 heterocycles. The number of aromatic nitrogens is 2. The van der Waals surface area contributed by atoms with Crippen LogP contribution < -0.4 is 9.46 Å². The average molecular weight is 423 g/mol. The number of allylic oxidation sites excluding steroid dienone is 1. The summed E-state index contributed by atoms with van der Waals surface area (Å²) in [6.07, 6.45) is 8.28. The van der Waals surface area contributed by atoms with E-state index in [0.717, 1.165) is 53.2 Å². The number of aromatic amines is 1. The van der Waals surface area contributed by atoms with Crippen LogP contribution in [0.2, 0.25) is 0 Å². The first kappa shape index (κ1) is 20.8. The summed E-state index contributed by atoms with van der Waals surface area (Å²) in [6.45, 7) is 9.89. The van der Waals surface area contributed by atoms with Gasteiger partial charge in [-0.05, 0) is 43.2 Å². The van der Waals surface area contributed by atoms with Gasteiger partial charge in [-0.15, -0.1) is 0 Å². The van der Waals surface area contributed by atoms with Gasteiger partial charge in [0.15, 0.2) is 0 Å². The Kier molecular flexibility index (Phi) is 6.65. The highest BCUT2D eigenvalue weighted by Gasteiger charge is 2.21. The average Bonchev–Trinajstić information content (AvgIpc) is 3.21. The molecular weight excluding hydrogens is 392 g/mol. The predicted octanol–water partition coefficient (Wildman–Crippen LogP) is 5.22. The van der Waals surface area contributed by atoms with Crippen LogP contribution in [0.5, 0.6) is 5.75 Å². The lowest BCUT2D eigenvalue weighted by Gasteiger charge is -2.34. The number of hydrogen-bond acceptors (Lipinski definition) is 5. The number of piperidine rings is 1. The second-order valence-corrected chi connectivity index (χ2v) is 8.65. The fraction of sp³-hybridized carbons (Fsp3) is 0.375. The first-order chi connectivity index (χ1) is 14.7. The molecule has 6 heteroatoms. The third kappa shape index (κ3) is 4.65. The molecule has 4 rings (SSSR count). The number of H-pyrrole nitrogens is 1. The van der Waals surface area contributed by atoms with E-state index >= 15 is 0 Å². The molecule has 2 N–H and O–H groups in total. The van der Waals surface area contributed by atoms with Crippen molar-refractivity contribution in [2.24, 2.45) is 5.92 Å². The van der Waals surface area contributed by atoms with E-state index in [0.29, 0.717) is 12.5 Å². The largest absolute Gasteiger partial charge is 0.492 e. The van der Waals surface area contributed by atoms with Gasteiger partial charge in [0.25, 0.3) is 0 Å². The van der Waals surface area contributed by atoms with Gasteiger partial charge >= 0.3 is 0 Å². The third-order valence-electron chi connectivity index (χ3n) is 5.75. The Bertz CT molecular complexity index is 998. The Labute approximate surface area is 183 Å². The van der Waals surface area contributed by atoms with Gasteiger partial charge in [-0.1, -0.05) is 42.8 Å². The predicted molar refractivity (Wildman–Crippen MR) is 126 cm³/mol. The zero-order valence-electron chi connectivity index (χ0n) is 17.8. The third-order valence-corrected chi connectivity index (χ3v) is 6.19. The summed E-state index contributed by atoms with van der Waals surface area (Å²) in [6, 6.07) is 10.7. The van der Waals surface area contributed by atoms with Crippen molar-refractivity contribution in [2.75, 3.05) is 26.0 Å². The maximum absolute atomic E-state index is 6.36. The Morgan fingerprint density at radius 3 is 2.93 bits per heavy atom. The standard InChI is InChI=1S/C24H30N4OS/c1-17(2)28-12-4-5-19(15-28)16-29-22-10-11-25-24-23(22)21(14-26-24)20-8-6-18(7-9-20)13-27-30-3/h6-11,14,19,27H,1,4-5,12-13,15-16H2,2-3H3,(H,25,26). The summed E-state index contributed by atoms with van der Waals surface area (Å²) in [5.74, 6) is 1.42. The summed E-state index contributed by atoms with van der Waals surface area (Å²) in [7, 11) is 0. The van der Waals surface area contributed by atoms with Crippen LogP contribution in [-0.2, 0) is 6.54 Å². The van der Waals surface area contributed by atoms with Crippen LogP contribution >= 0.6 is 11.9 Å². The van der Waals surface area contributed by atoms with Crippen LogP contribution in [0, 0.1) is 5.92 Å². The summed E-state index contributed by atoms with van der Waals surface area (Å²) < 4.78 is 9.64. The Morgan fingerprint density at radius 1 is 1.33 bits per heavy atom. The van der Waals surface area contributed by atoms with Crippen molar-refractivity contribution in [3.8, 4) is 16.9 Å². The number of nitrogens with one attached hydrogen (secondary N) is 2. The highest BCUT2D eigenvalue weighted by molar-refractivity contribution is 7.96. The monoisotopic (exact) mass is 422 g/mol. The van der Waals surface area contributed by atoms with Crippen molar-refractivity contribution < 1.29 is 4.74 Å². The lowest BCUT2D eigenvalue weighted by Crippen LogP contribution is -2.36. The number of nitrogens with zero attached hydrogens (tertiary/aromatic N) is 2. The maximum atomic E-state index is 6.36. The smallest absolute Gasteiger partial charge is 0.141 e. The second kappa shape index (κ2) is 9.58. The van der Waals surface area contributed by atoms with Crippen LogP contribution in [0.3, 0.4) is 0 Å². The molecule has 1 saturated heterocycles. The number of likely N-dealkylation sites (tertiary alicyclic amines) is 1. The number of fused-ring (bicyclic) bond motifs is 1. The van der Waals surface area contributed by atoms with Gasteiger partial charge in [0.1, 0.15) is 11.4 Å². The summed E-state index contributed by atoms with van der Waals surface area (Å²) in [4.78, 5) is 10.2. The molecule has 0 aliphatic carbocycles. The summed E-state index contributed by atoms with van der Waals surface area (Å²) in [5, 5.41) is 1.06. The van der Waals surface area contributed by atoms with Crippen molar-refractivity contribution in [3.05, 3.63) is 60.6 Å². The first-order valence-electron chi connectivity index (χ1n) is 10.5. The Hall–Kier alpha value is -2.44. The molecule has 158 valence electrons. The molecule has 2 aromatic heterocycles. The fourth-order valence-corrected chi connectivity index (χ4v) is 4.40. The molecule has 1 fully saturated rings. The molecule has 0 amide bonds. The van der Waals surface area contributed by atoms with E-state index in [2.05, 4.69) is 57.4 Å². The minimum atomic E-state index is 0.518. The summed E-state index contributed by atoms with van der Waals surface area (Å²) >= 11 is 1.63. The topological polar surface area (TPSA) is 53.2 Å². The number of benzene rings is 1. The minimum absolute atomic E-state index is 0.518. The van der Waals surface area contributed by atoms with Gasteiger partial charge in [0.05, 0.1) is 12.0 Å². The van der Waals surface area contributed by atoms with Gasteiger partial charge in [0, 0.05) is 49.2 Å². The van der Waals surface area contributed by atoms with Crippen molar-refractivity contribution in [3.63, 3.8) is 0 Å². The fourth-order valence-electron chi connectivity index (χ4n) is 4.09. The quantitative estimate of drug-likeness (QED) is 0.487. The molecule has 5 nitrogen and oxygen atoms in total. The normalized spacial score (nSPS) is 16.7. The molecule has 30 heavy (non-hydrogen) atoms. The highest BCUT2D eigenvalue weighted by atomic mass is 32.2. The van der Waals surface area contributed by atoms with Crippen molar-refractivity contribution in [1.82, 2.24) is 19.6 Å². The number of pyridine rings is 1. The SMILES string of the molecule is C=C(C)N1CCCC(COc2ccnc3[nH]cc(-c4ccc(CNSC)cc4)c23)C1. The lowest BCUT2D eigenvalue weighted by atomic mass is 9.98. The molecular formula is C24H30N4OS. The molecule has 1 aliphatic heterocycles. The number of hydrogen-bond donors (Lipinski definition) is 2. The van der Waals surface area contributed by atoms with Gasteiger partial charge in [-0.25, -0.2) is 4.98 Å². The van der Waals surface area contributed by atoms with Crippen molar-refractivity contribution >= 4 is 23.0 Å². The number of ether oxygens (including phenoxy) is 1. The van der Waals surface area contributed by atoms with E-state index in [1.165, 1.54) is 18.4 Å². The zero-order valence-corrected chi connectivity index (χ0v) is 18.6. The molecule has 1 atom stereocenters. The molecule has 1 unspecified atom stereocenters. The lowest BCUT2D eigenvalue weighted by molar-refractivity contribution is 0.156. The molecule has 1 aromatic carbocycles. The van der Waals surface area contributed by atoms with Gasteiger partial charge in [-0.2, -0.15) is 0 Å². The van der Waals surface area contributed by atoms with E-state index in [9.17, 15) is 0 Å². The summed E-state index contributed by atoms with van der Waals surface area (Å²) in [5.41, 5.74) is 5.57. The highest BCUT2D eigenvalue weighted by Crippen LogP contribution is 2.35. The number of rotatable bonds is 8. The van der Waals surface area contributed by atoms with E-state index in [-0.39, 0.29) is 0 Å². The minimum Gasteiger partial charge on any atom is -0.492 e. The molecule has 1 aliphatic rings. The van der Waals surface area contributed by atoms with E-state index in [4.69, 9.17) is 4.74 Å². The van der Waals surface area contributed by atoms with E-state index < -0.39 is 0 Å². The van der Waals surface area contributed by atoms with Crippen LogP contribution in [0.15, 0.2) is 55.0 Å². The van der Waals surface area contributed by atoms with Gasteiger partial charge in [0.2, 0.25) is 0 Å². The van der Waals surface area contributed by atoms with Crippen LogP contribution in [-0.4, -0.2) is 40.8 Å². The van der Waals surface area contributed by atoms with Crippen LogP contribution in [0.1, 0.15) is 25.3 Å². The Morgan fingerprint density at radius 2 is 2.17 bits per heavy atom. The molecule has 0 bridgehead atoms. The molecule has 0 saturated carbocycles. The van der Waals surface area contributed by atoms with E-state index in [1.54, 1.807) is 11.9 Å². The first-order valence-corrected chi connectivity index (χ1v) is 11.7. The van der Waals surface area contributed by atoms with E-state index in [1.807, 2.05) is 24.7 Å². The molecule has 0 radical (unpaired) electrons. The van der Waals surface area contributed by atoms with Gasteiger partial charge < -0.3 is 14.6 Å². The maximum Gasteiger partial charge on any atom is 0.141 e. The molecule has 0 spiro atoms. The van der Waals surface area contributed by atoms with Crippen molar-refractivity contribution in [1.29, 1.82) is 0 Å². The zero-order chi connectivity index (χ0) is 20.9. The molecule has 3 aromatic rings.